The topological polar surface area (TPSA) is 147 Å². The number of amides is 1. The standard InChI is InChI=1S/C27H35FN6O5/c1-5-37-15-20-13-33(26(36)39-18(2)3)14-21(20)27(4,30)16-38-25-11-24(31-17-32-25)34(8-9-35)23-7-6-19(12-29)10-22(23)28/h6-7,10-11,15,17-18,21,35H,5,8-9,13-14,16,30H2,1-4H3/b20-15+/t21?,27-/m0/s1. The Hall–Kier alpha value is -3.95. The molecule has 2 heterocycles. The molecule has 3 N–H and O–H groups in total. The van der Waals surface area contributed by atoms with E-state index in [0.29, 0.717) is 19.7 Å². The van der Waals surface area contributed by atoms with E-state index in [2.05, 4.69) is 9.97 Å². The average Bonchev–Trinajstić information content (AvgIpc) is 3.35. The lowest BCUT2D eigenvalue weighted by atomic mass is 9.84. The number of halogens is 1. The smallest absolute Gasteiger partial charge is 0.410 e. The molecule has 0 bridgehead atoms. The summed E-state index contributed by atoms with van der Waals surface area (Å²) in [5.41, 5.74) is 6.95. The number of nitrogens with zero attached hydrogens (tertiary/aromatic N) is 5. The maximum absolute atomic E-state index is 14.7. The highest BCUT2D eigenvalue weighted by molar-refractivity contribution is 5.69. The predicted molar refractivity (Wildman–Crippen MR) is 142 cm³/mol. The third-order valence-electron chi connectivity index (χ3n) is 6.14. The summed E-state index contributed by atoms with van der Waals surface area (Å²) in [4.78, 5) is 24.0. The fourth-order valence-corrected chi connectivity index (χ4v) is 4.23. The number of aromatic nitrogens is 2. The van der Waals surface area contributed by atoms with E-state index in [1.54, 1.807) is 25.0 Å². The second-order valence-corrected chi connectivity index (χ2v) is 9.68. The molecule has 2 atom stereocenters. The molecule has 0 spiro atoms. The fraction of sp³-hybridized carbons (Fsp3) is 0.481. The van der Waals surface area contributed by atoms with Crippen molar-refractivity contribution in [1.82, 2.24) is 14.9 Å². The van der Waals surface area contributed by atoms with Gasteiger partial charge in [-0.2, -0.15) is 5.26 Å². The Labute approximate surface area is 227 Å². The van der Waals surface area contributed by atoms with E-state index in [-0.39, 0.29) is 54.7 Å². The molecule has 1 aliphatic heterocycles. The van der Waals surface area contributed by atoms with Crippen LogP contribution >= 0.6 is 0 Å². The number of rotatable bonds is 11. The van der Waals surface area contributed by atoms with E-state index < -0.39 is 17.4 Å². The molecule has 1 unspecified atom stereocenters. The first-order chi connectivity index (χ1) is 18.6. The molecule has 1 aromatic carbocycles. The Kier molecular flexibility index (Phi) is 10.0. The summed E-state index contributed by atoms with van der Waals surface area (Å²) in [6, 6.07) is 7.46. The molecule has 2 aromatic rings. The first kappa shape index (κ1) is 29.6. The van der Waals surface area contributed by atoms with Crippen LogP contribution < -0.4 is 15.4 Å². The number of nitrogens with two attached hydrogens (primary N) is 1. The second kappa shape index (κ2) is 13.2. The minimum absolute atomic E-state index is 0.0376. The number of benzene rings is 1. The highest BCUT2D eigenvalue weighted by atomic mass is 19.1. The number of ether oxygens (including phenoxy) is 3. The molecule has 3 rings (SSSR count). The summed E-state index contributed by atoms with van der Waals surface area (Å²) in [5.74, 6) is -0.424. The van der Waals surface area contributed by atoms with Gasteiger partial charge in [-0.25, -0.2) is 19.2 Å². The van der Waals surface area contributed by atoms with Crippen LogP contribution in [0.3, 0.4) is 0 Å². The third kappa shape index (κ3) is 7.55. The molecule has 12 heteroatoms. The molecular formula is C27H35FN6O5. The maximum atomic E-state index is 14.7. The van der Waals surface area contributed by atoms with Crippen molar-refractivity contribution in [3.63, 3.8) is 0 Å². The molecule has 0 aliphatic carbocycles. The van der Waals surface area contributed by atoms with Crippen molar-refractivity contribution in [2.24, 2.45) is 11.7 Å². The first-order valence-corrected chi connectivity index (χ1v) is 12.7. The number of aliphatic hydroxyl groups is 1. The van der Waals surface area contributed by atoms with Gasteiger partial charge < -0.3 is 34.9 Å². The number of anilines is 2. The lowest BCUT2D eigenvalue weighted by Crippen LogP contribution is -2.51. The quantitative estimate of drug-likeness (QED) is 0.406. The van der Waals surface area contributed by atoms with Crippen molar-refractivity contribution in [2.45, 2.75) is 39.3 Å². The summed E-state index contributed by atoms with van der Waals surface area (Å²) < 4.78 is 31.6. The number of hydrogen-bond acceptors (Lipinski definition) is 10. The van der Waals surface area contributed by atoms with Crippen LogP contribution in [0.5, 0.6) is 5.88 Å². The van der Waals surface area contributed by atoms with Gasteiger partial charge in [-0.1, -0.05) is 0 Å². The zero-order chi connectivity index (χ0) is 28.6. The van der Waals surface area contributed by atoms with Crippen LogP contribution in [0.1, 0.15) is 33.3 Å². The predicted octanol–water partition coefficient (Wildman–Crippen LogP) is 3.11. The van der Waals surface area contributed by atoms with Crippen LogP contribution in [0.4, 0.5) is 20.7 Å². The van der Waals surface area contributed by atoms with Crippen molar-refractivity contribution in [1.29, 1.82) is 5.26 Å². The van der Waals surface area contributed by atoms with Crippen LogP contribution in [-0.2, 0) is 9.47 Å². The van der Waals surface area contributed by atoms with Crippen LogP contribution in [0.2, 0.25) is 0 Å². The van der Waals surface area contributed by atoms with E-state index in [1.165, 1.54) is 29.4 Å². The number of nitriles is 1. The van der Waals surface area contributed by atoms with Gasteiger partial charge in [-0.3, -0.25) is 0 Å². The molecule has 0 saturated carbocycles. The van der Waals surface area contributed by atoms with Crippen LogP contribution in [0.15, 0.2) is 42.4 Å². The summed E-state index contributed by atoms with van der Waals surface area (Å²) in [7, 11) is 0. The second-order valence-electron chi connectivity index (χ2n) is 9.68. The van der Waals surface area contributed by atoms with E-state index in [0.717, 1.165) is 11.6 Å². The number of hydrogen-bond donors (Lipinski definition) is 2. The van der Waals surface area contributed by atoms with Gasteiger partial charge in [0.2, 0.25) is 5.88 Å². The van der Waals surface area contributed by atoms with E-state index >= 15 is 0 Å². The number of carbonyl (C=O) groups is 1. The molecule has 1 fully saturated rings. The minimum atomic E-state index is -0.926. The molecule has 210 valence electrons. The van der Waals surface area contributed by atoms with Gasteiger partial charge in [0, 0.05) is 31.6 Å². The van der Waals surface area contributed by atoms with Gasteiger partial charge in [0.05, 0.1) is 48.4 Å². The van der Waals surface area contributed by atoms with Crippen LogP contribution in [0.25, 0.3) is 0 Å². The summed E-state index contributed by atoms with van der Waals surface area (Å²) in [5, 5.41) is 18.6. The lowest BCUT2D eigenvalue weighted by molar-refractivity contribution is 0.0801. The Balaban J connectivity index is 1.79. The highest BCUT2D eigenvalue weighted by Crippen LogP contribution is 2.33. The number of carbonyl (C=O) groups excluding carboxylic acids is 1. The van der Waals surface area contributed by atoms with Crippen LogP contribution in [-0.4, -0.2) is 77.2 Å². The monoisotopic (exact) mass is 542 g/mol. The van der Waals surface area contributed by atoms with Gasteiger partial charge in [-0.15, -0.1) is 0 Å². The molecule has 11 nitrogen and oxygen atoms in total. The van der Waals surface area contributed by atoms with Crippen molar-refractivity contribution in [2.75, 3.05) is 44.4 Å². The van der Waals surface area contributed by atoms with Crippen molar-refractivity contribution in [3.8, 4) is 11.9 Å². The normalized spacial score (nSPS) is 17.6. The fourth-order valence-electron chi connectivity index (χ4n) is 4.23. The van der Waals surface area contributed by atoms with Gasteiger partial charge in [0.1, 0.15) is 24.6 Å². The molecule has 1 aromatic heterocycles. The summed E-state index contributed by atoms with van der Waals surface area (Å²) >= 11 is 0. The highest BCUT2D eigenvalue weighted by Gasteiger charge is 2.42. The SMILES string of the molecule is CCO/C=C1\CN(C(=O)OC(C)C)CC1[C@@](C)(N)COc1cc(N(CCO)c2ccc(C#N)cc2F)ncn1. The Morgan fingerprint density at radius 3 is 2.82 bits per heavy atom. The van der Waals surface area contributed by atoms with Gasteiger partial charge in [-0.05, 0) is 51.5 Å². The first-order valence-electron chi connectivity index (χ1n) is 12.7. The molecule has 1 amide bonds. The van der Waals surface area contributed by atoms with Gasteiger partial charge >= 0.3 is 6.09 Å². The zero-order valence-electron chi connectivity index (χ0n) is 22.6. The van der Waals surface area contributed by atoms with Crippen molar-refractivity contribution < 1.29 is 28.5 Å². The number of aliphatic hydroxyl groups excluding tert-OH is 1. The average molecular weight is 543 g/mol. The van der Waals surface area contributed by atoms with Crippen LogP contribution in [0, 0.1) is 23.1 Å². The minimum Gasteiger partial charge on any atom is -0.501 e. The van der Waals surface area contributed by atoms with Crippen molar-refractivity contribution >= 4 is 17.6 Å². The van der Waals surface area contributed by atoms with E-state index in [1.807, 2.05) is 19.9 Å². The Morgan fingerprint density at radius 2 is 2.18 bits per heavy atom. The Bertz CT molecular complexity index is 1220. The molecule has 1 aliphatic rings. The van der Waals surface area contributed by atoms with E-state index in [4.69, 9.17) is 25.2 Å². The molecule has 39 heavy (non-hydrogen) atoms. The summed E-state index contributed by atoms with van der Waals surface area (Å²) in [6.07, 6.45) is 2.23. The maximum Gasteiger partial charge on any atom is 0.410 e. The molecular weight excluding hydrogens is 507 g/mol. The lowest BCUT2D eigenvalue weighted by Gasteiger charge is -2.32. The number of likely N-dealkylation sites (tertiary alicyclic amines) is 1. The van der Waals surface area contributed by atoms with Gasteiger partial charge in [0.15, 0.2) is 0 Å². The van der Waals surface area contributed by atoms with Gasteiger partial charge in [0.25, 0.3) is 0 Å². The van der Waals surface area contributed by atoms with E-state index in [9.17, 15) is 14.3 Å². The third-order valence-corrected chi connectivity index (χ3v) is 6.14. The van der Waals surface area contributed by atoms with Crippen molar-refractivity contribution in [3.05, 3.63) is 53.8 Å². The molecule has 1 saturated heterocycles. The summed E-state index contributed by atoms with van der Waals surface area (Å²) in [6.45, 7) is 8.21. The largest absolute Gasteiger partial charge is 0.501 e. The Morgan fingerprint density at radius 1 is 1.41 bits per heavy atom. The zero-order valence-corrected chi connectivity index (χ0v) is 22.6. The molecule has 0 radical (unpaired) electrons.